The third-order valence-corrected chi connectivity index (χ3v) is 1.54. The Morgan fingerprint density at radius 3 is 2.56 bits per heavy atom. The van der Waals surface area contributed by atoms with Gasteiger partial charge in [0, 0.05) is 6.07 Å². The molecule has 4 nitrogen and oxygen atoms in total. The molecule has 1 aromatic rings. The number of nitriles is 1. The number of pyridine rings is 1. The lowest BCUT2D eigenvalue weighted by atomic mass is 10.2. The number of hydrogen-bond donors (Lipinski definition) is 1. The molecule has 0 atom stereocenters. The van der Waals surface area contributed by atoms with Crippen molar-refractivity contribution in [3.05, 3.63) is 17.5 Å². The van der Waals surface area contributed by atoms with Crippen LogP contribution in [0.1, 0.15) is 11.4 Å². The van der Waals surface area contributed by atoms with Crippen LogP contribution in [0, 0.1) is 11.3 Å². The number of alkyl halides is 4. The maximum atomic E-state index is 12.2. The maximum absolute atomic E-state index is 12.2. The van der Waals surface area contributed by atoms with Crippen molar-refractivity contribution in [3.8, 4) is 11.8 Å². The van der Waals surface area contributed by atoms with Gasteiger partial charge < -0.3 is 10.5 Å². The third-order valence-electron chi connectivity index (χ3n) is 1.54. The SMILES string of the molecule is N#Cc1nc(CF)cc(OC(F)(F)F)c1N. The maximum Gasteiger partial charge on any atom is 0.573 e. The van der Waals surface area contributed by atoms with Gasteiger partial charge in [-0.2, -0.15) is 5.26 Å². The van der Waals surface area contributed by atoms with Crippen LogP contribution in [0.4, 0.5) is 23.2 Å². The summed E-state index contributed by atoms with van der Waals surface area (Å²) in [6.45, 7) is -1.12. The summed E-state index contributed by atoms with van der Waals surface area (Å²) >= 11 is 0. The van der Waals surface area contributed by atoms with Crippen molar-refractivity contribution in [3.63, 3.8) is 0 Å². The van der Waals surface area contributed by atoms with Gasteiger partial charge in [-0.25, -0.2) is 9.37 Å². The van der Waals surface area contributed by atoms with Crippen molar-refractivity contribution in [2.45, 2.75) is 13.0 Å². The summed E-state index contributed by atoms with van der Waals surface area (Å²) in [6, 6.07) is 2.14. The summed E-state index contributed by atoms with van der Waals surface area (Å²) in [5.74, 6) is -0.827. The summed E-state index contributed by atoms with van der Waals surface area (Å²) in [6.07, 6.45) is -4.96. The van der Waals surface area contributed by atoms with Crippen LogP contribution < -0.4 is 10.5 Å². The second-order valence-electron chi connectivity index (χ2n) is 2.67. The Labute approximate surface area is 87.3 Å². The second kappa shape index (κ2) is 4.22. The van der Waals surface area contributed by atoms with E-state index in [9.17, 15) is 17.6 Å². The van der Waals surface area contributed by atoms with E-state index in [1.165, 1.54) is 6.07 Å². The largest absolute Gasteiger partial charge is 0.573 e. The van der Waals surface area contributed by atoms with Crippen LogP contribution in [0.2, 0.25) is 0 Å². The monoisotopic (exact) mass is 235 g/mol. The molecule has 0 fully saturated rings. The van der Waals surface area contributed by atoms with E-state index in [0.29, 0.717) is 6.07 Å². The Kier molecular flexibility index (Phi) is 3.17. The first-order valence-corrected chi connectivity index (χ1v) is 3.88. The molecule has 0 spiro atoms. The minimum atomic E-state index is -4.96. The highest BCUT2D eigenvalue weighted by Crippen LogP contribution is 2.30. The van der Waals surface area contributed by atoms with Crippen molar-refractivity contribution < 1.29 is 22.3 Å². The van der Waals surface area contributed by atoms with E-state index in [0.717, 1.165) is 0 Å². The number of nitrogen functional groups attached to an aromatic ring is 1. The number of nitrogens with zero attached hydrogens (tertiary/aromatic N) is 2. The summed E-state index contributed by atoms with van der Waals surface area (Å²) in [4.78, 5) is 3.39. The van der Waals surface area contributed by atoms with Crippen molar-refractivity contribution >= 4 is 5.69 Å². The minimum Gasteiger partial charge on any atom is -0.403 e. The number of nitrogens with two attached hydrogens (primary N) is 1. The number of rotatable bonds is 2. The summed E-state index contributed by atoms with van der Waals surface area (Å²) in [5, 5.41) is 8.51. The first-order valence-electron chi connectivity index (χ1n) is 3.88. The molecular weight excluding hydrogens is 230 g/mol. The number of ether oxygens (including phenoxy) is 1. The smallest absolute Gasteiger partial charge is 0.403 e. The molecule has 86 valence electrons. The average molecular weight is 235 g/mol. The van der Waals surface area contributed by atoms with Crippen LogP contribution in [-0.4, -0.2) is 11.3 Å². The van der Waals surface area contributed by atoms with Gasteiger partial charge in [-0.05, 0) is 0 Å². The first-order chi connectivity index (χ1) is 7.37. The highest BCUT2D eigenvalue weighted by molar-refractivity contribution is 5.60. The topological polar surface area (TPSA) is 71.9 Å². The lowest BCUT2D eigenvalue weighted by Crippen LogP contribution is -2.18. The van der Waals surface area contributed by atoms with Gasteiger partial charge in [0.2, 0.25) is 0 Å². The lowest BCUT2D eigenvalue weighted by Gasteiger charge is -2.12. The van der Waals surface area contributed by atoms with Gasteiger partial charge in [-0.3, -0.25) is 0 Å². The van der Waals surface area contributed by atoms with Gasteiger partial charge in [-0.1, -0.05) is 0 Å². The zero-order valence-corrected chi connectivity index (χ0v) is 7.68. The fourth-order valence-electron chi connectivity index (χ4n) is 0.945. The molecule has 16 heavy (non-hydrogen) atoms. The molecule has 0 aliphatic rings. The normalized spacial score (nSPS) is 10.9. The van der Waals surface area contributed by atoms with E-state index in [1.54, 1.807) is 0 Å². The molecule has 0 aromatic carbocycles. The fourth-order valence-corrected chi connectivity index (χ4v) is 0.945. The van der Waals surface area contributed by atoms with Crippen LogP contribution in [0.25, 0.3) is 0 Å². The predicted octanol–water partition coefficient (Wildman–Crippen LogP) is 1.90. The first kappa shape index (κ1) is 12.0. The zero-order chi connectivity index (χ0) is 12.3. The van der Waals surface area contributed by atoms with E-state index >= 15 is 0 Å². The van der Waals surface area contributed by atoms with Gasteiger partial charge in [0.05, 0.1) is 5.69 Å². The molecule has 1 heterocycles. The molecule has 0 radical (unpaired) electrons. The zero-order valence-electron chi connectivity index (χ0n) is 7.68. The highest BCUT2D eigenvalue weighted by Gasteiger charge is 2.32. The van der Waals surface area contributed by atoms with E-state index in [2.05, 4.69) is 9.72 Å². The van der Waals surface area contributed by atoms with Gasteiger partial charge >= 0.3 is 6.36 Å². The molecule has 0 saturated heterocycles. The van der Waals surface area contributed by atoms with Gasteiger partial charge in [0.25, 0.3) is 0 Å². The van der Waals surface area contributed by atoms with Gasteiger partial charge in [0.1, 0.15) is 18.4 Å². The van der Waals surface area contributed by atoms with Crippen LogP contribution in [0.3, 0.4) is 0 Å². The van der Waals surface area contributed by atoms with Gasteiger partial charge in [0.15, 0.2) is 11.4 Å². The van der Waals surface area contributed by atoms with E-state index in [4.69, 9.17) is 11.0 Å². The molecule has 0 amide bonds. The molecule has 1 aromatic heterocycles. The second-order valence-corrected chi connectivity index (χ2v) is 2.67. The lowest BCUT2D eigenvalue weighted by molar-refractivity contribution is -0.274. The molecule has 0 aliphatic heterocycles. The molecule has 0 unspecified atom stereocenters. The van der Waals surface area contributed by atoms with Crippen LogP contribution in [0.15, 0.2) is 6.07 Å². The minimum absolute atomic E-state index is 0.356. The van der Waals surface area contributed by atoms with E-state index in [1.807, 2.05) is 0 Å². The quantitative estimate of drug-likeness (QED) is 0.794. The van der Waals surface area contributed by atoms with Crippen LogP contribution >= 0.6 is 0 Å². The van der Waals surface area contributed by atoms with E-state index < -0.39 is 30.2 Å². The number of anilines is 1. The molecule has 0 aliphatic carbocycles. The molecule has 0 bridgehead atoms. The number of hydrogen-bond acceptors (Lipinski definition) is 4. The summed E-state index contributed by atoms with van der Waals surface area (Å²) < 4.78 is 51.5. The van der Waals surface area contributed by atoms with Crippen LogP contribution in [0.5, 0.6) is 5.75 Å². The molecule has 2 N–H and O–H groups in total. The Morgan fingerprint density at radius 2 is 2.12 bits per heavy atom. The number of halogens is 4. The Bertz CT molecular complexity index is 438. The summed E-state index contributed by atoms with van der Waals surface area (Å²) in [5.41, 5.74) is 3.76. The highest BCUT2D eigenvalue weighted by atomic mass is 19.4. The van der Waals surface area contributed by atoms with E-state index in [-0.39, 0.29) is 5.69 Å². The fraction of sp³-hybridized carbons (Fsp3) is 0.250. The summed E-state index contributed by atoms with van der Waals surface area (Å²) in [7, 11) is 0. The Hall–Kier alpha value is -2.04. The molecule has 1 rings (SSSR count). The van der Waals surface area contributed by atoms with Crippen molar-refractivity contribution in [1.29, 1.82) is 5.26 Å². The molecule has 0 saturated carbocycles. The average Bonchev–Trinajstić information content (AvgIpc) is 2.19. The predicted molar refractivity (Wildman–Crippen MR) is 44.9 cm³/mol. The van der Waals surface area contributed by atoms with Gasteiger partial charge in [-0.15, -0.1) is 13.2 Å². The molecule has 8 heteroatoms. The van der Waals surface area contributed by atoms with Crippen molar-refractivity contribution in [1.82, 2.24) is 4.98 Å². The third kappa shape index (κ3) is 2.73. The molecular formula is C8H5F4N3O. The van der Waals surface area contributed by atoms with Crippen LogP contribution in [-0.2, 0) is 6.67 Å². The number of aromatic nitrogens is 1. The Balaban J connectivity index is 3.23. The standard InChI is InChI=1S/C8H5F4N3O/c9-2-4-1-6(16-8(10,11)12)7(14)5(3-13)15-4/h1H,2,14H2. The van der Waals surface area contributed by atoms with Crippen molar-refractivity contribution in [2.75, 3.05) is 5.73 Å². The Morgan fingerprint density at radius 1 is 1.50 bits per heavy atom. The van der Waals surface area contributed by atoms with Crippen molar-refractivity contribution in [2.24, 2.45) is 0 Å².